The van der Waals surface area contributed by atoms with Crippen LogP contribution in [0.2, 0.25) is 0 Å². The van der Waals surface area contributed by atoms with Gasteiger partial charge in [0.25, 0.3) is 5.91 Å². The number of amides is 1. The fraction of sp³-hybridized carbons (Fsp3) is 0.208. The van der Waals surface area contributed by atoms with E-state index in [-0.39, 0.29) is 11.5 Å². The molecule has 0 unspecified atom stereocenters. The summed E-state index contributed by atoms with van der Waals surface area (Å²) in [6, 6.07) is 22.8. The molecule has 0 bridgehead atoms. The van der Waals surface area contributed by atoms with E-state index in [1.54, 1.807) is 0 Å². The normalized spacial score (nSPS) is 11.6. The van der Waals surface area contributed by atoms with Gasteiger partial charge in [0.1, 0.15) is 0 Å². The molecule has 5 nitrogen and oxygen atoms in total. The van der Waals surface area contributed by atoms with Gasteiger partial charge in [-0.15, -0.1) is 11.8 Å². The molecule has 154 valence electrons. The Morgan fingerprint density at radius 1 is 0.933 bits per heavy atom. The lowest BCUT2D eigenvalue weighted by Gasteiger charge is -2.16. The third-order valence-corrected chi connectivity index (χ3v) is 5.52. The van der Waals surface area contributed by atoms with Crippen LogP contribution in [0.5, 0.6) is 0 Å². The quantitative estimate of drug-likeness (QED) is 0.420. The lowest BCUT2D eigenvalue weighted by molar-refractivity contribution is -0.146. The van der Waals surface area contributed by atoms with E-state index in [9.17, 15) is 14.4 Å². The van der Waals surface area contributed by atoms with Crippen molar-refractivity contribution >= 4 is 40.2 Å². The van der Waals surface area contributed by atoms with Crippen LogP contribution in [0.3, 0.4) is 0 Å². The van der Waals surface area contributed by atoms with Gasteiger partial charge in [-0.05, 0) is 41.8 Å². The van der Waals surface area contributed by atoms with Gasteiger partial charge >= 0.3 is 5.97 Å². The highest BCUT2D eigenvalue weighted by Crippen LogP contribution is 2.23. The molecule has 3 aromatic carbocycles. The zero-order valence-corrected chi connectivity index (χ0v) is 17.5. The van der Waals surface area contributed by atoms with Gasteiger partial charge < -0.3 is 10.1 Å². The van der Waals surface area contributed by atoms with E-state index in [0.29, 0.717) is 6.42 Å². The summed E-state index contributed by atoms with van der Waals surface area (Å²) in [5, 5.41) is 4.88. The average Bonchev–Trinajstić information content (AvgIpc) is 2.76. The van der Waals surface area contributed by atoms with Crippen LogP contribution in [-0.2, 0) is 25.5 Å². The molecule has 0 radical (unpaired) electrons. The Morgan fingerprint density at radius 2 is 1.63 bits per heavy atom. The maximum atomic E-state index is 12.1. The van der Waals surface area contributed by atoms with Crippen molar-refractivity contribution in [1.82, 2.24) is 5.32 Å². The fourth-order valence-corrected chi connectivity index (χ4v) is 3.71. The molecule has 1 amide bonds. The summed E-state index contributed by atoms with van der Waals surface area (Å²) in [7, 11) is 0. The number of nitrogens with one attached hydrogen (secondary N) is 1. The van der Waals surface area contributed by atoms with Crippen LogP contribution in [0.4, 0.5) is 0 Å². The highest BCUT2D eigenvalue weighted by molar-refractivity contribution is 8.00. The van der Waals surface area contributed by atoms with Crippen molar-refractivity contribution in [2.75, 3.05) is 12.4 Å². The minimum absolute atomic E-state index is 0.103. The van der Waals surface area contributed by atoms with Crippen LogP contribution in [-0.4, -0.2) is 36.1 Å². The number of benzene rings is 3. The number of fused-ring (bicyclic) bond motifs is 1. The number of hydrogen-bond acceptors (Lipinski definition) is 5. The van der Waals surface area contributed by atoms with Crippen molar-refractivity contribution in [1.29, 1.82) is 0 Å². The zero-order chi connectivity index (χ0) is 21.3. The molecular weight excluding hydrogens is 398 g/mol. The highest BCUT2D eigenvalue weighted by atomic mass is 32.2. The second-order valence-corrected chi connectivity index (χ2v) is 7.93. The first-order chi connectivity index (χ1) is 14.5. The highest BCUT2D eigenvalue weighted by Gasteiger charge is 2.18. The Kier molecular flexibility index (Phi) is 7.63. The summed E-state index contributed by atoms with van der Waals surface area (Å²) in [4.78, 5) is 36.9. The first kappa shape index (κ1) is 21.6. The third kappa shape index (κ3) is 6.46. The lowest BCUT2D eigenvalue weighted by atomic mass is 10.0. The van der Waals surface area contributed by atoms with E-state index in [1.165, 1.54) is 18.7 Å². The van der Waals surface area contributed by atoms with Crippen LogP contribution in [0, 0.1) is 0 Å². The van der Waals surface area contributed by atoms with Gasteiger partial charge in [-0.3, -0.25) is 14.4 Å². The Balaban J connectivity index is 1.44. The second-order valence-electron chi connectivity index (χ2n) is 6.88. The van der Waals surface area contributed by atoms with Crippen LogP contribution >= 0.6 is 11.8 Å². The van der Waals surface area contributed by atoms with Crippen molar-refractivity contribution in [2.24, 2.45) is 0 Å². The van der Waals surface area contributed by atoms with E-state index in [1.807, 2.05) is 72.8 Å². The summed E-state index contributed by atoms with van der Waals surface area (Å²) in [6.45, 7) is 1.02. The summed E-state index contributed by atoms with van der Waals surface area (Å²) in [6.07, 6.45) is 0.397. The molecule has 0 aliphatic heterocycles. The standard InChI is InChI=1S/C24H23NO4S/c1-17(26)22(13-18-7-3-2-4-8-18)25-23(27)15-29-24(28)16-30-21-12-11-19-9-5-6-10-20(19)14-21/h2-12,14,22H,13,15-16H2,1H3,(H,25,27)/t22-/m1/s1. The molecule has 0 heterocycles. The smallest absolute Gasteiger partial charge is 0.316 e. The Hall–Kier alpha value is -3.12. The topological polar surface area (TPSA) is 72.5 Å². The molecule has 6 heteroatoms. The van der Waals surface area contributed by atoms with Crippen molar-refractivity contribution in [3.63, 3.8) is 0 Å². The predicted molar refractivity (Wildman–Crippen MR) is 118 cm³/mol. The summed E-state index contributed by atoms with van der Waals surface area (Å²) in [5.74, 6) is -1.02. The predicted octanol–water partition coefficient (Wildman–Crippen LogP) is 3.79. The molecular formula is C24H23NO4S. The molecule has 0 saturated heterocycles. The molecule has 0 fully saturated rings. The molecule has 0 aliphatic rings. The zero-order valence-electron chi connectivity index (χ0n) is 16.7. The maximum absolute atomic E-state index is 12.1. The molecule has 3 aromatic rings. The molecule has 0 spiro atoms. The molecule has 30 heavy (non-hydrogen) atoms. The number of esters is 1. The number of carbonyl (C=O) groups is 3. The van der Waals surface area contributed by atoms with Gasteiger partial charge in [-0.25, -0.2) is 0 Å². The summed E-state index contributed by atoms with van der Waals surface area (Å²) < 4.78 is 5.06. The molecule has 1 N–H and O–H groups in total. The lowest BCUT2D eigenvalue weighted by Crippen LogP contribution is -2.43. The van der Waals surface area contributed by atoms with Gasteiger partial charge in [0, 0.05) is 4.90 Å². The number of ether oxygens (including phenoxy) is 1. The number of Topliss-reactive ketones (excluding diaryl/α,β-unsaturated/α-hetero) is 1. The van der Waals surface area contributed by atoms with Crippen LogP contribution in [0.15, 0.2) is 77.7 Å². The largest absolute Gasteiger partial charge is 0.455 e. The summed E-state index contributed by atoms with van der Waals surface area (Å²) >= 11 is 1.36. The Labute approximate surface area is 179 Å². The first-order valence-corrected chi connectivity index (χ1v) is 10.6. The van der Waals surface area contributed by atoms with Gasteiger partial charge in [0.05, 0.1) is 11.8 Å². The van der Waals surface area contributed by atoms with Crippen LogP contribution in [0.25, 0.3) is 10.8 Å². The molecule has 0 aromatic heterocycles. The number of thioether (sulfide) groups is 1. The van der Waals surface area contributed by atoms with E-state index in [0.717, 1.165) is 21.2 Å². The fourth-order valence-electron chi connectivity index (χ4n) is 2.97. The number of ketones is 1. The maximum Gasteiger partial charge on any atom is 0.316 e. The number of rotatable bonds is 9. The minimum Gasteiger partial charge on any atom is -0.455 e. The van der Waals surface area contributed by atoms with E-state index < -0.39 is 24.5 Å². The summed E-state index contributed by atoms with van der Waals surface area (Å²) in [5.41, 5.74) is 0.946. The third-order valence-electron chi connectivity index (χ3n) is 4.55. The van der Waals surface area contributed by atoms with Gasteiger partial charge in [-0.2, -0.15) is 0 Å². The second kappa shape index (κ2) is 10.6. The Morgan fingerprint density at radius 3 is 2.37 bits per heavy atom. The average molecular weight is 422 g/mol. The van der Waals surface area contributed by atoms with Gasteiger partial charge in [-0.1, -0.05) is 60.7 Å². The Bertz CT molecular complexity index is 1040. The monoisotopic (exact) mass is 421 g/mol. The molecule has 3 rings (SSSR count). The molecule has 0 saturated carbocycles. The first-order valence-electron chi connectivity index (χ1n) is 9.62. The molecule has 1 atom stereocenters. The van der Waals surface area contributed by atoms with Crippen molar-refractivity contribution < 1.29 is 19.1 Å². The van der Waals surface area contributed by atoms with Crippen molar-refractivity contribution in [3.8, 4) is 0 Å². The van der Waals surface area contributed by atoms with E-state index in [2.05, 4.69) is 5.32 Å². The van der Waals surface area contributed by atoms with E-state index >= 15 is 0 Å². The van der Waals surface area contributed by atoms with E-state index in [4.69, 9.17) is 4.74 Å². The van der Waals surface area contributed by atoms with Crippen LogP contribution in [0.1, 0.15) is 12.5 Å². The SMILES string of the molecule is CC(=O)[C@@H](Cc1ccccc1)NC(=O)COC(=O)CSc1ccc2ccccc2c1. The minimum atomic E-state index is -0.648. The number of carbonyl (C=O) groups excluding carboxylic acids is 3. The van der Waals surface area contributed by atoms with Crippen molar-refractivity contribution in [2.45, 2.75) is 24.3 Å². The van der Waals surface area contributed by atoms with Crippen molar-refractivity contribution in [3.05, 3.63) is 78.4 Å². The van der Waals surface area contributed by atoms with Gasteiger partial charge in [0.15, 0.2) is 12.4 Å². The molecule has 0 aliphatic carbocycles. The van der Waals surface area contributed by atoms with Crippen LogP contribution < -0.4 is 5.32 Å². The van der Waals surface area contributed by atoms with Gasteiger partial charge in [0.2, 0.25) is 0 Å². The number of hydrogen-bond donors (Lipinski definition) is 1.